The number of rotatable bonds is 9. The SMILES string of the molecule is COC(=O)[C@@H]1C[C@H]([n+]2cn3cc(C4=C(C(=O)[O-])N5C(=O)[C@H]([C@@H](C)O)[C@H]5[C@H]4C)sc3c2SC)CN1C(=O)OCc1ccc([N+](=O)[O-])cc1. The number of hydrogen-bond acceptors (Lipinski definition) is 12. The average Bonchev–Trinajstić information content (AvgIpc) is 3.78. The van der Waals surface area contributed by atoms with Gasteiger partial charge in [0.15, 0.2) is 0 Å². The summed E-state index contributed by atoms with van der Waals surface area (Å²) in [5.41, 5.74) is 0.758. The number of β-lactam (4-membered cyclic amide) rings is 1. The van der Waals surface area contributed by atoms with Crippen LogP contribution in [0.2, 0.25) is 0 Å². The van der Waals surface area contributed by atoms with Gasteiger partial charge >= 0.3 is 12.1 Å². The predicted molar refractivity (Wildman–Crippen MR) is 164 cm³/mol. The van der Waals surface area contributed by atoms with Crippen molar-refractivity contribution in [3.05, 3.63) is 63.0 Å². The summed E-state index contributed by atoms with van der Waals surface area (Å²) in [4.78, 5) is 65.4. The summed E-state index contributed by atoms with van der Waals surface area (Å²) in [5, 5.41) is 34.2. The number of carbonyl (C=O) groups excluding carboxylic acids is 4. The van der Waals surface area contributed by atoms with Gasteiger partial charge in [-0.25, -0.2) is 14.2 Å². The van der Waals surface area contributed by atoms with E-state index in [2.05, 4.69) is 0 Å². The minimum atomic E-state index is -1.45. The van der Waals surface area contributed by atoms with E-state index in [0.717, 1.165) is 9.86 Å². The molecule has 6 atom stereocenters. The van der Waals surface area contributed by atoms with Crippen molar-refractivity contribution in [3.8, 4) is 0 Å². The number of amides is 2. The van der Waals surface area contributed by atoms with Crippen molar-refractivity contribution in [2.24, 2.45) is 11.8 Å². The standard InChI is InChI=1S/C30H31N5O10S2/c1-14-21(24(28(38)39)34-23(14)22(15(2)36)25(34)37)20-11-31-13-33(27(46-4)26(31)47-20)18-9-19(29(40)44-3)32(10-18)30(41)45-12-16-5-7-17(8-6-16)35(42)43/h5-8,11,13-15,18-19,22-23,36H,9-10,12H2,1-4H3/t14-,15+,18-,19-,22+,23+/m0/s1. The molecule has 15 nitrogen and oxygen atoms in total. The Morgan fingerprint density at radius 2 is 1.96 bits per heavy atom. The van der Waals surface area contributed by atoms with Gasteiger partial charge in [0.1, 0.15) is 24.9 Å². The normalized spacial score (nSPS) is 24.4. The molecule has 17 heteroatoms. The number of thiazole rings is 1. The number of benzene rings is 1. The summed E-state index contributed by atoms with van der Waals surface area (Å²) < 4.78 is 14.3. The number of esters is 1. The van der Waals surface area contributed by atoms with E-state index in [-0.39, 0.29) is 42.9 Å². The molecule has 2 fully saturated rings. The maximum atomic E-state index is 13.2. The number of non-ortho nitro benzene ring substituents is 1. The number of hydrogen-bond donors (Lipinski definition) is 1. The first-order valence-electron chi connectivity index (χ1n) is 14.7. The summed E-state index contributed by atoms with van der Waals surface area (Å²) in [6.07, 6.45) is 4.09. The van der Waals surface area contributed by atoms with E-state index in [1.165, 1.54) is 71.2 Å². The van der Waals surface area contributed by atoms with Crippen LogP contribution in [0.1, 0.15) is 36.8 Å². The van der Waals surface area contributed by atoms with E-state index < -0.39 is 53.0 Å². The monoisotopic (exact) mass is 685 g/mol. The summed E-state index contributed by atoms with van der Waals surface area (Å²) >= 11 is 2.80. The van der Waals surface area contributed by atoms with E-state index in [1.54, 1.807) is 6.20 Å². The van der Waals surface area contributed by atoms with Crippen molar-refractivity contribution < 1.29 is 48.4 Å². The van der Waals surface area contributed by atoms with Crippen molar-refractivity contribution >= 4 is 63.1 Å². The molecule has 0 aliphatic carbocycles. The van der Waals surface area contributed by atoms with Crippen LogP contribution >= 0.6 is 23.1 Å². The highest BCUT2D eigenvalue weighted by Crippen LogP contribution is 2.51. The van der Waals surface area contributed by atoms with E-state index in [1.807, 2.05) is 28.5 Å². The lowest BCUT2D eigenvalue weighted by Gasteiger charge is -2.47. The van der Waals surface area contributed by atoms with Gasteiger partial charge in [-0.2, -0.15) is 4.40 Å². The molecule has 2 saturated heterocycles. The van der Waals surface area contributed by atoms with Crippen LogP contribution in [0.3, 0.4) is 0 Å². The minimum Gasteiger partial charge on any atom is -0.543 e. The first-order valence-corrected chi connectivity index (χ1v) is 16.7. The molecular formula is C30H31N5O10S2. The molecular weight excluding hydrogens is 654 g/mol. The van der Waals surface area contributed by atoms with Crippen molar-refractivity contribution in [3.63, 3.8) is 0 Å². The zero-order chi connectivity index (χ0) is 33.9. The van der Waals surface area contributed by atoms with Gasteiger partial charge in [-0.15, -0.1) is 0 Å². The lowest BCUT2D eigenvalue weighted by atomic mass is 9.77. The average molecular weight is 686 g/mol. The van der Waals surface area contributed by atoms with Gasteiger partial charge in [0.2, 0.25) is 15.8 Å². The fourth-order valence-corrected chi connectivity index (χ4v) is 9.11. The van der Waals surface area contributed by atoms with E-state index in [0.29, 0.717) is 16.0 Å². The molecule has 1 aromatic carbocycles. The zero-order valence-electron chi connectivity index (χ0n) is 25.7. The molecule has 0 spiro atoms. The number of methoxy groups -OCH3 is 1. The fourth-order valence-electron chi connectivity index (χ4n) is 6.88. The minimum absolute atomic E-state index is 0.0896. The van der Waals surface area contributed by atoms with Gasteiger partial charge in [-0.3, -0.25) is 19.8 Å². The Bertz CT molecular complexity index is 1830. The Morgan fingerprint density at radius 3 is 2.55 bits per heavy atom. The van der Waals surface area contributed by atoms with Crippen molar-refractivity contribution in [1.29, 1.82) is 0 Å². The van der Waals surface area contributed by atoms with E-state index >= 15 is 0 Å². The number of nitro groups is 1. The molecule has 3 aliphatic rings. The number of thioether (sulfide) groups is 1. The summed E-state index contributed by atoms with van der Waals surface area (Å²) in [6.45, 7) is 3.36. The molecule has 0 saturated carbocycles. The molecule has 0 bridgehead atoms. The molecule has 1 N–H and O–H groups in total. The molecule has 2 amide bonds. The molecule has 3 aliphatic heterocycles. The summed E-state index contributed by atoms with van der Waals surface area (Å²) in [5.74, 6) is -3.53. The predicted octanol–water partition coefficient (Wildman–Crippen LogP) is 1.36. The second-order valence-corrected chi connectivity index (χ2v) is 13.5. The molecule has 248 valence electrons. The number of aliphatic hydroxyl groups excluding tert-OH is 1. The van der Waals surface area contributed by atoms with Crippen molar-refractivity contribution in [1.82, 2.24) is 14.2 Å². The van der Waals surface area contributed by atoms with Crippen molar-refractivity contribution in [2.45, 2.75) is 56.1 Å². The Hall–Kier alpha value is -4.48. The topological polar surface area (TPSA) is 188 Å². The third kappa shape index (κ3) is 5.31. The molecule has 47 heavy (non-hydrogen) atoms. The number of carbonyl (C=O) groups is 4. The Morgan fingerprint density at radius 1 is 1.26 bits per heavy atom. The number of likely N-dealkylation sites (tertiary alicyclic amines) is 1. The van der Waals surface area contributed by atoms with E-state index in [4.69, 9.17) is 9.47 Å². The fraction of sp³-hybridized carbons (Fsp3) is 0.433. The first kappa shape index (κ1) is 32.5. The second-order valence-electron chi connectivity index (χ2n) is 11.7. The third-order valence-electron chi connectivity index (χ3n) is 9.08. The van der Waals surface area contributed by atoms with Crippen LogP contribution in [0.5, 0.6) is 0 Å². The smallest absolute Gasteiger partial charge is 0.411 e. The zero-order valence-corrected chi connectivity index (χ0v) is 27.4. The number of carboxylic acids is 1. The van der Waals surface area contributed by atoms with Gasteiger partial charge in [-0.05, 0) is 30.9 Å². The molecule has 0 radical (unpaired) electrons. The molecule has 2 aromatic heterocycles. The Balaban J connectivity index is 1.26. The highest BCUT2D eigenvalue weighted by Gasteiger charge is 2.59. The van der Waals surface area contributed by atoms with Crippen molar-refractivity contribution in [2.75, 3.05) is 19.9 Å². The largest absolute Gasteiger partial charge is 0.543 e. The molecule has 5 heterocycles. The number of carboxylic acid groups (broad SMARTS) is 1. The van der Waals surface area contributed by atoms with Gasteiger partial charge in [0.25, 0.3) is 12.0 Å². The quantitative estimate of drug-likeness (QED) is 0.0856. The van der Waals surface area contributed by atoms with Crippen LogP contribution in [0.15, 0.2) is 47.5 Å². The number of aliphatic hydroxyl groups is 1. The summed E-state index contributed by atoms with van der Waals surface area (Å²) in [7, 11) is 1.24. The highest BCUT2D eigenvalue weighted by atomic mass is 32.2. The number of nitro benzene ring substituents is 1. The third-order valence-corrected chi connectivity index (χ3v) is 11.1. The number of imidazole rings is 1. The number of ether oxygens (including phenoxy) is 2. The lowest BCUT2D eigenvalue weighted by molar-refractivity contribution is -0.751. The maximum Gasteiger partial charge on any atom is 0.411 e. The van der Waals surface area contributed by atoms with Crippen LogP contribution in [0.4, 0.5) is 10.5 Å². The van der Waals surface area contributed by atoms with Crippen LogP contribution in [0.25, 0.3) is 10.4 Å². The van der Waals surface area contributed by atoms with Crippen LogP contribution in [-0.2, 0) is 30.5 Å². The van der Waals surface area contributed by atoms with Gasteiger partial charge < -0.3 is 29.4 Å². The molecule has 6 rings (SSSR count). The molecule has 0 unspecified atom stereocenters. The number of fused-ring (bicyclic) bond motifs is 2. The highest BCUT2D eigenvalue weighted by molar-refractivity contribution is 7.98. The number of aromatic nitrogens is 2. The number of nitrogens with zero attached hydrogens (tertiary/aromatic N) is 5. The Kier molecular flexibility index (Phi) is 8.48. The maximum absolute atomic E-state index is 13.2. The summed E-state index contributed by atoms with van der Waals surface area (Å²) in [6, 6.07) is 3.88. The van der Waals surface area contributed by atoms with E-state index in [9.17, 15) is 39.5 Å². The van der Waals surface area contributed by atoms with Gasteiger partial charge in [0.05, 0.1) is 53.2 Å². The molecule has 3 aromatic rings. The second kappa shape index (κ2) is 12.3. The number of aliphatic carboxylic acids is 1. The van der Waals surface area contributed by atoms with Gasteiger partial charge in [0, 0.05) is 30.0 Å². The Labute approximate surface area is 276 Å². The van der Waals surface area contributed by atoms with Gasteiger partial charge in [-0.1, -0.05) is 30.0 Å². The van der Waals surface area contributed by atoms with Crippen LogP contribution in [0, 0.1) is 22.0 Å². The first-order chi connectivity index (χ1) is 22.4. The van der Waals surface area contributed by atoms with Crippen LogP contribution in [-0.4, -0.2) is 86.3 Å². The lowest BCUT2D eigenvalue weighted by Crippen LogP contribution is -2.64. The van der Waals surface area contributed by atoms with Crippen LogP contribution < -0.4 is 9.67 Å².